The van der Waals surface area contributed by atoms with Gasteiger partial charge in [-0.2, -0.15) is 0 Å². The largest absolute Gasteiger partial charge is 0.495 e. The number of piperidine rings is 1. The molecule has 1 amide bonds. The van der Waals surface area contributed by atoms with Crippen LogP contribution in [0.1, 0.15) is 35.6 Å². The summed E-state index contributed by atoms with van der Waals surface area (Å²) < 4.78 is 5.27. The third-order valence-corrected chi connectivity index (χ3v) is 4.38. The van der Waals surface area contributed by atoms with Crippen molar-refractivity contribution >= 4 is 29.0 Å². The van der Waals surface area contributed by atoms with Crippen LogP contribution < -0.4 is 15.0 Å². The fourth-order valence-electron chi connectivity index (χ4n) is 2.92. The normalized spacial score (nSPS) is 14.3. The van der Waals surface area contributed by atoms with Crippen molar-refractivity contribution in [2.75, 3.05) is 30.4 Å². The smallest absolute Gasteiger partial charge is 0.274 e. The van der Waals surface area contributed by atoms with Crippen molar-refractivity contribution in [3.05, 3.63) is 40.8 Å². The Balaban J connectivity index is 1.84. The molecule has 1 aliphatic rings. The number of rotatable bonds is 4. The zero-order valence-electron chi connectivity index (χ0n) is 14.4. The number of halogens is 1. The maximum atomic E-state index is 12.7. The Kier molecular flexibility index (Phi) is 5.38. The Hall–Kier alpha value is -2.34. The van der Waals surface area contributed by atoms with Gasteiger partial charge in [0.1, 0.15) is 23.1 Å². The summed E-state index contributed by atoms with van der Waals surface area (Å²) in [7, 11) is 1.54. The third kappa shape index (κ3) is 4.20. The summed E-state index contributed by atoms with van der Waals surface area (Å²) in [6.45, 7) is 3.71. The van der Waals surface area contributed by atoms with Gasteiger partial charge >= 0.3 is 0 Å². The van der Waals surface area contributed by atoms with E-state index >= 15 is 0 Å². The van der Waals surface area contributed by atoms with Gasteiger partial charge in [0.05, 0.1) is 12.8 Å². The highest BCUT2D eigenvalue weighted by Gasteiger charge is 2.17. The zero-order chi connectivity index (χ0) is 17.8. The highest BCUT2D eigenvalue weighted by Crippen LogP contribution is 2.28. The lowest BCUT2D eigenvalue weighted by atomic mass is 10.1. The molecule has 1 aliphatic heterocycles. The maximum absolute atomic E-state index is 12.7. The predicted molar refractivity (Wildman–Crippen MR) is 98.8 cm³/mol. The summed E-state index contributed by atoms with van der Waals surface area (Å²) in [5, 5.41) is 3.34. The van der Waals surface area contributed by atoms with E-state index in [0.29, 0.717) is 28.0 Å². The summed E-state index contributed by atoms with van der Waals surface area (Å²) >= 11 is 6.02. The van der Waals surface area contributed by atoms with Crippen molar-refractivity contribution in [3.8, 4) is 5.75 Å². The van der Waals surface area contributed by atoms with E-state index in [1.807, 2.05) is 0 Å². The Morgan fingerprint density at radius 2 is 1.96 bits per heavy atom. The van der Waals surface area contributed by atoms with E-state index in [-0.39, 0.29) is 5.91 Å². The molecule has 3 rings (SSSR count). The van der Waals surface area contributed by atoms with Crippen LogP contribution in [0.2, 0.25) is 5.02 Å². The number of nitrogens with one attached hydrogen (secondary N) is 1. The molecule has 1 saturated heterocycles. The molecule has 6 nitrogen and oxygen atoms in total. The summed E-state index contributed by atoms with van der Waals surface area (Å²) in [6, 6.07) is 6.81. The number of aryl methyl sites for hydroxylation is 1. The molecule has 0 unspecified atom stereocenters. The van der Waals surface area contributed by atoms with Crippen LogP contribution in [-0.2, 0) is 0 Å². The number of hydrogen-bond acceptors (Lipinski definition) is 5. The standard InChI is InChI=1S/C18H21ClN4O2/c1-12-20-15(11-17(21-12)23-8-4-3-5-9-23)18(24)22-14-10-13(19)6-7-16(14)25-2/h6-7,10-11H,3-5,8-9H2,1-2H3,(H,22,24). The van der Waals surface area contributed by atoms with Crippen molar-refractivity contribution < 1.29 is 9.53 Å². The number of amides is 1. The third-order valence-electron chi connectivity index (χ3n) is 4.15. The van der Waals surface area contributed by atoms with Crippen molar-refractivity contribution in [1.82, 2.24) is 9.97 Å². The van der Waals surface area contributed by atoms with E-state index in [1.54, 1.807) is 38.3 Å². The van der Waals surface area contributed by atoms with Gasteiger partial charge in [0.2, 0.25) is 0 Å². The molecule has 2 heterocycles. The molecular formula is C18H21ClN4O2. The fourth-order valence-corrected chi connectivity index (χ4v) is 3.09. The number of nitrogens with zero attached hydrogens (tertiary/aromatic N) is 3. The Morgan fingerprint density at radius 3 is 2.68 bits per heavy atom. The minimum atomic E-state index is -0.315. The molecule has 0 bridgehead atoms. The number of aromatic nitrogens is 2. The summed E-state index contributed by atoms with van der Waals surface area (Å²) in [5.74, 6) is 1.60. The molecule has 1 fully saturated rings. The monoisotopic (exact) mass is 360 g/mol. The molecule has 0 spiro atoms. The lowest BCUT2D eigenvalue weighted by Crippen LogP contribution is -2.31. The fraction of sp³-hybridized carbons (Fsp3) is 0.389. The van der Waals surface area contributed by atoms with E-state index in [2.05, 4.69) is 20.2 Å². The molecule has 1 aromatic heterocycles. The van der Waals surface area contributed by atoms with Crippen LogP contribution in [0.15, 0.2) is 24.3 Å². The molecule has 1 N–H and O–H groups in total. The van der Waals surface area contributed by atoms with Crippen LogP contribution in [0.3, 0.4) is 0 Å². The number of benzene rings is 1. The number of hydrogen-bond donors (Lipinski definition) is 1. The van der Waals surface area contributed by atoms with Crippen LogP contribution in [0.4, 0.5) is 11.5 Å². The number of methoxy groups -OCH3 is 1. The first kappa shape index (κ1) is 17.5. The van der Waals surface area contributed by atoms with E-state index in [1.165, 1.54) is 6.42 Å². The van der Waals surface area contributed by atoms with Gasteiger partial charge < -0.3 is 15.0 Å². The minimum absolute atomic E-state index is 0.315. The Morgan fingerprint density at radius 1 is 1.20 bits per heavy atom. The van der Waals surface area contributed by atoms with Gasteiger partial charge in [0.15, 0.2) is 0 Å². The zero-order valence-corrected chi connectivity index (χ0v) is 15.1. The van der Waals surface area contributed by atoms with Gasteiger partial charge in [-0.05, 0) is 44.4 Å². The van der Waals surface area contributed by atoms with Crippen molar-refractivity contribution in [1.29, 1.82) is 0 Å². The number of ether oxygens (including phenoxy) is 1. The molecule has 0 atom stereocenters. The van der Waals surface area contributed by atoms with Crippen LogP contribution in [0, 0.1) is 6.92 Å². The molecule has 7 heteroatoms. The lowest BCUT2D eigenvalue weighted by Gasteiger charge is -2.28. The van der Waals surface area contributed by atoms with Gasteiger partial charge in [-0.15, -0.1) is 0 Å². The van der Waals surface area contributed by atoms with Crippen molar-refractivity contribution in [3.63, 3.8) is 0 Å². The molecule has 25 heavy (non-hydrogen) atoms. The topological polar surface area (TPSA) is 67.3 Å². The molecule has 1 aromatic carbocycles. The van der Waals surface area contributed by atoms with E-state index in [0.717, 1.165) is 31.7 Å². The number of carbonyl (C=O) groups is 1. The first-order valence-electron chi connectivity index (χ1n) is 8.32. The van der Waals surface area contributed by atoms with Crippen molar-refractivity contribution in [2.24, 2.45) is 0 Å². The maximum Gasteiger partial charge on any atom is 0.274 e. The first-order valence-corrected chi connectivity index (χ1v) is 8.70. The Labute approximate surface area is 152 Å². The van der Waals surface area contributed by atoms with Crippen LogP contribution in [0.5, 0.6) is 5.75 Å². The molecule has 132 valence electrons. The van der Waals surface area contributed by atoms with Gasteiger partial charge in [0, 0.05) is 24.2 Å². The molecule has 0 saturated carbocycles. The Bertz CT molecular complexity index is 776. The van der Waals surface area contributed by atoms with Gasteiger partial charge in [-0.25, -0.2) is 9.97 Å². The van der Waals surface area contributed by atoms with Gasteiger partial charge in [0.25, 0.3) is 5.91 Å². The second-order valence-electron chi connectivity index (χ2n) is 6.01. The van der Waals surface area contributed by atoms with E-state index < -0.39 is 0 Å². The average Bonchev–Trinajstić information content (AvgIpc) is 2.62. The molecule has 0 aliphatic carbocycles. The second-order valence-corrected chi connectivity index (χ2v) is 6.44. The van der Waals surface area contributed by atoms with Crippen LogP contribution >= 0.6 is 11.6 Å². The summed E-state index contributed by atoms with van der Waals surface area (Å²) in [5.41, 5.74) is 0.839. The SMILES string of the molecule is COc1ccc(Cl)cc1NC(=O)c1cc(N2CCCCC2)nc(C)n1. The number of anilines is 2. The highest BCUT2D eigenvalue weighted by atomic mass is 35.5. The molecular weight excluding hydrogens is 340 g/mol. The minimum Gasteiger partial charge on any atom is -0.495 e. The van der Waals surface area contributed by atoms with Crippen LogP contribution in [-0.4, -0.2) is 36.1 Å². The first-order chi connectivity index (χ1) is 12.1. The predicted octanol–water partition coefficient (Wildman–Crippen LogP) is 3.69. The molecule has 0 radical (unpaired) electrons. The van der Waals surface area contributed by atoms with Gasteiger partial charge in [-0.3, -0.25) is 4.79 Å². The van der Waals surface area contributed by atoms with E-state index in [4.69, 9.17) is 16.3 Å². The summed E-state index contributed by atoms with van der Waals surface area (Å²) in [4.78, 5) is 23.6. The second kappa shape index (κ2) is 7.70. The van der Waals surface area contributed by atoms with Crippen LogP contribution in [0.25, 0.3) is 0 Å². The van der Waals surface area contributed by atoms with Crippen molar-refractivity contribution in [2.45, 2.75) is 26.2 Å². The quantitative estimate of drug-likeness (QED) is 0.900. The van der Waals surface area contributed by atoms with Gasteiger partial charge in [-0.1, -0.05) is 11.6 Å². The summed E-state index contributed by atoms with van der Waals surface area (Å²) in [6.07, 6.45) is 3.52. The highest BCUT2D eigenvalue weighted by molar-refractivity contribution is 6.31. The lowest BCUT2D eigenvalue weighted by molar-refractivity contribution is 0.102. The average molecular weight is 361 g/mol. The van der Waals surface area contributed by atoms with E-state index in [9.17, 15) is 4.79 Å². The number of carbonyl (C=O) groups excluding carboxylic acids is 1. The molecule has 2 aromatic rings.